The van der Waals surface area contributed by atoms with Gasteiger partial charge in [-0.2, -0.15) is 0 Å². The molecule has 27 heavy (non-hydrogen) atoms. The minimum absolute atomic E-state index is 0.0429. The topological polar surface area (TPSA) is 43.4 Å². The van der Waals surface area contributed by atoms with Gasteiger partial charge in [-0.15, -0.1) is 0 Å². The molecule has 0 saturated carbocycles. The molecule has 3 nitrogen and oxygen atoms in total. The number of rotatable bonds is 1. The van der Waals surface area contributed by atoms with Crippen LogP contribution in [0.5, 0.6) is 0 Å². The molecule has 0 saturated heterocycles. The van der Waals surface area contributed by atoms with Crippen LogP contribution in [-0.4, -0.2) is 11.6 Å². The van der Waals surface area contributed by atoms with E-state index in [9.17, 15) is 14.0 Å². The summed E-state index contributed by atoms with van der Waals surface area (Å²) in [6.07, 6.45) is 1.99. The third-order valence-electron chi connectivity index (χ3n) is 5.80. The van der Waals surface area contributed by atoms with E-state index in [-0.39, 0.29) is 22.4 Å². The normalized spacial score (nSPS) is 24.5. The second-order valence-corrected chi connectivity index (χ2v) is 9.61. The summed E-state index contributed by atoms with van der Waals surface area (Å²) in [6, 6.07) is 6.45. The van der Waals surface area contributed by atoms with E-state index in [4.69, 9.17) is 4.74 Å². The van der Waals surface area contributed by atoms with Gasteiger partial charge in [0.2, 0.25) is 0 Å². The van der Waals surface area contributed by atoms with E-state index >= 15 is 0 Å². The van der Waals surface area contributed by atoms with Crippen LogP contribution in [0.2, 0.25) is 0 Å². The Balaban J connectivity index is 1.94. The Morgan fingerprint density at radius 1 is 0.852 bits per heavy atom. The zero-order valence-corrected chi connectivity index (χ0v) is 16.3. The summed E-state index contributed by atoms with van der Waals surface area (Å²) in [4.78, 5) is 26.1. The van der Waals surface area contributed by atoms with E-state index in [2.05, 4.69) is 0 Å². The summed E-state index contributed by atoms with van der Waals surface area (Å²) in [5, 5.41) is 0. The lowest BCUT2D eigenvalue weighted by Gasteiger charge is -2.42. The minimum Gasteiger partial charge on any atom is -0.465 e. The molecule has 0 amide bonds. The largest absolute Gasteiger partial charge is 0.465 e. The van der Waals surface area contributed by atoms with E-state index in [1.165, 1.54) is 6.07 Å². The highest BCUT2D eigenvalue weighted by molar-refractivity contribution is 6.06. The summed E-state index contributed by atoms with van der Waals surface area (Å²) in [5.74, 6) is 0.107. The Labute approximate surface area is 159 Å². The summed E-state index contributed by atoms with van der Waals surface area (Å²) in [5.41, 5.74) is 0.934. The predicted octanol–water partition coefficient (Wildman–Crippen LogP) is 5.23. The molecule has 4 rings (SSSR count). The summed E-state index contributed by atoms with van der Waals surface area (Å²) >= 11 is 0. The molecule has 0 bridgehead atoms. The fourth-order valence-electron chi connectivity index (χ4n) is 4.69. The van der Waals surface area contributed by atoms with Crippen molar-refractivity contribution in [1.82, 2.24) is 0 Å². The first-order chi connectivity index (χ1) is 12.6. The number of ether oxygens (including phenoxy) is 1. The van der Waals surface area contributed by atoms with Gasteiger partial charge in [-0.05, 0) is 16.9 Å². The molecular weight excluding hydrogens is 343 g/mol. The molecule has 1 aromatic carbocycles. The molecule has 1 heterocycles. The lowest BCUT2D eigenvalue weighted by Crippen LogP contribution is -2.37. The summed E-state index contributed by atoms with van der Waals surface area (Å²) in [7, 11) is 0. The Hall–Kier alpha value is -2.23. The molecule has 0 aromatic heterocycles. The van der Waals surface area contributed by atoms with Gasteiger partial charge in [-0.1, -0.05) is 45.9 Å². The molecule has 0 radical (unpaired) electrons. The lowest BCUT2D eigenvalue weighted by molar-refractivity contribution is -0.120. The smallest absolute Gasteiger partial charge is 0.163 e. The van der Waals surface area contributed by atoms with Crippen LogP contribution in [0.3, 0.4) is 0 Å². The van der Waals surface area contributed by atoms with E-state index in [1.54, 1.807) is 18.2 Å². The maximum absolute atomic E-state index is 14.7. The van der Waals surface area contributed by atoms with Crippen LogP contribution in [0.25, 0.3) is 0 Å². The molecule has 1 aliphatic heterocycles. The molecule has 0 atom stereocenters. The minimum atomic E-state index is -0.655. The monoisotopic (exact) mass is 368 g/mol. The Morgan fingerprint density at radius 3 is 1.81 bits per heavy atom. The van der Waals surface area contributed by atoms with Crippen LogP contribution >= 0.6 is 0 Å². The zero-order valence-electron chi connectivity index (χ0n) is 16.3. The first-order valence-corrected chi connectivity index (χ1v) is 9.53. The van der Waals surface area contributed by atoms with E-state index in [0.717, 1.165) is 0 Å². The fraction of sp³-hybridized carbons (Fsp3) is 0.478. The maximum atomic E-state index is 14.7. The Kier molecular flexibility index (Phi) is 3.95. The molecule has 0 N–H and O–H groups in total. The van der Waals surface area contributed by atoms with Gasteiger partial charge < -0.3 is 4.74 Å². The van der Waals surface area contributed by atoms with E-state index < -0.39 is 11.7 Å². The van der Waals surface area contributed by atoms with Gasteiger partial charge >= 0.3 is 0 Å². The number of hydrogen-bond donors (Lipinski definition) is 0. The number of halogens is 1. The molecule has 0 spiro atoms. The summed E-state index contributed by atoms with van der Waals surface area (Å²) in [6.45, 7) is 8.15. The van der Waals surface area contributed by atoms with Crippen molar-refractivity contribution < 1.29 is 18.7 Å². The second kappa shape index (κ2) is 5.88. The first kappa shape index (κ1) is 18.1. The zero-order chi connectivity index (χ0) is 19.6. The van der Waals surface area contributed by atoms with Crippen molar-refractivity contribution >= 4 is 11.6 Å². The highest BCUT2D eigenvalue weighted by atomic mass is 19.1. The van der Waals surface area contributed by atoms with Gasteiger partial charge in [0.1, 0.15) is 17.3 Å². The standard InChI is InChI=1S/C23H25FO3/c1-22(2)9-15(25)20-17(11-22)27-18-12-23(3,4)10-16(26)21(18)19(20)13-7-5-6-8-14(13)24/h5-8,19H,9-12H2,1-4H3. The number of hydrogen-bond acceptors (Lipinski definition) is 3. The molecule has 142 valence electrons. The molecule has 3 aliphatic rings. The van der Waals surface area contributed by atoms with Gasteiger partial charge in [-0.25, -0.2) is 4.39 Å². The average molecular weight is 368 g/mol. The van der Waals surface area contributed by atoms with Crippen molar-refractivity contribution in [2.24, 2.45) is 10.8 Å². The Bertz CT molecular complexity index is 865. The van der Waals surface area contributed by atoms with Gasteiger partial charge in [0.05, 0.1) is 5.92 Å². The Morgan fingerprint density at radius 2 is 1.33 bits per heavy atom. The molecular formula is C23H25FO3. The number of carbonyl (C=O) groups excluding carboxylic acids is 2. The summed E-state index contributed by atoms with van der Waals surface area (Å²) < 4.78 is 20.9. The van der Waals surface area contributed by atoms with Crippen LogP contribution in [-0.2, 0) is 14.3 Å². The second-order valence-electron chi connectivity index (χ2n) is 9.61. The number of ketones is 2. The molecule has 4 heteroatoms. The maximum Gasteiger partial charge on any atom is 0.163 e. The molecule has 0 fully saturated rings. The quantitative estimate of drug-likeness (QED) is 0.682. The average Bonchev–Trinajstić information content (AvgIpc) is 2.51. The SMILES string of the molecule is CC1(C)CC(=O)C2=C(C1)OC1=C(C(=O)CC(C)(C)C1)C2c1ccccc1F. The first-order valence-electron chi connectivity index (χ1n) is 9.53. The number of Topliss-reactive ketones (excluding diaryl/α,β-unsaturated/α-hetero) is 2. The highest BCUT2D eigenvalue weighted by Gasteiger charge is 2.48. The number of benzene rings is 1. The van der Waals surface area contributed by atoms with Crippen LogP contribution in [0, 0.1) is 16.6 Å². The van der Waals surface area contributed by atoms with Crippen molar-refractivity contribution in [1.29, 1.82) is 0 Å². The van der Waals surface area contributed by atoms with Crippen LogP contribution in [0.4, 0.5) is 4.39 Å². The van der Waals surface area contributed by atoms with Crippen LogP contribution in [0.1, 0.15) is 64.9 Å². The number of allylic oxidation sites excluding steroid dienone is 4. The van der Waals surface area contributed by atoms with Gasteiger partial charge in [0.25, 0.3) is 0 Å². The van der Waals surface area contributed by atoms with Crippen molar-refractivity contribution in [3.8, 4) is 0 Å². The molecule has 0 unspecified atom stereocenters. The van der Waals surface area contributed by atoms with Crippen molar-refractivity contribution in [2.75, 3.05) is 0 Å². The van der Waals surface area contributed by atoms with Crippen molar-refractivity contribution in [2.45, 2.75) is 59.3 Å². The third-order valence-corrected chi connectivity index (χ3v) is 5.80. The predicted molar refractivity (Wildman–Crippen MR) is 100 cm³/mol. The molecule has 1 aromatic rings. The van der Waals surface area contributed by atoms with Crippen LogP contribution in [0.15, 0.2) is 46.9 Å². The fourth-order valence-corrected chi connectivity index (χ4v) is 4.69. The van der Waals surface area contributed by atoms with E-state index in [0.29, 0.717) is 53.9 Å². The van der Waals surface area contributed by atoms with Crippen molar-refractivity contribution in [3.05, 3.63) is 58.3 Å². The van der Waals surface area contributed by atoms with Crippen molar-refractivity contribution in [3.63, 3.8) is 0 Å². The highest BCUT2D eigenvalue weighted by Crippen LogP contribution is 2.53. The van der Waals surface area contributed by atoms with Gasteiger partial charge in [0.15, 0.2) is 11.6 Å². The van der Waals surface area contributed by atoms with Crippen LogP contribution < -0.4 is 0 Å². The van der Waals surface area contributed by atoms with Gasteiger partial charge in [-0.3, -0.25) is 9.59 Å². The van der Waals surface area contributed by atoms with E-state index in [1.807, 2.05) is 27.7 Å². The molecule has 2 aliphatic carbocycles. The lowest BCUT2D eigenvalue weighted by atomic mass is 9.65. The number of carbonyl (C=O) groups is 2. The third kappa shape index (κ3) is 3.05. The van der Waals surface area contributed by atoms with Gasteiger partial charge in [0, 0.05) is 42.4 Å².